The van der Waals surface area contributed by atoms with Gasteiger partial charge in [-0.25, -0.2) is 0 Å². The van der Waals surface area contributed by atoms with Crippen LogP contribution in [0.5, 0.6) is 0 Å². The molecular weight excluding hydrogens is 472 g/mol. The van der Waals surface area contributed by atoms with Crippen molar-refractivity contribution in [3.63, 3.8) is 0 Å². The van der Waals surface area contributed by atoms with E-state index in [0.717, 1.165) is 40.6 Å². The van der Waals surface area contributed by atoms with Gasteiger partial charge in [-0.2, -0.15) is 0 Å². The molecule has 2 aromatic rings. The van der Waals surface area contributed by atoms with Crippen LogP contribution in [0.2, 0.25) is 0 Å². The zero-order valence-corrected chi connectivity index (χ0v) is 20.7. The topological polar surface area (TPSA) is 49.4 Å². The zero-order valence-electron chi connectivity index (χ0n) is 18.3. The van der Waals surface area contributed by atoms with E-state index in [1.807, 2.05) is 31.2 Å². The third-order valence-corrected chi connectivity index (χ3v) is 7.28. The summed E-state index contributed by atoms with van der Waals surface area (Å²) in [7, 11) is 0. The summed E-state index contributed by atoms with van der Waals surface area (Å²) in [6.45, 7) is 4.34. The first-order chi connectivity index (χ1) is 14.9. The smallest absolute Gasteiger partial charge is 0.242 e. The molecule has 166 valence electrons. The highest BCUT2D eigenvalue weighted by Crippen LogP contribution is 2.22. The fourth-order valence-electron chi connectivity index (χ4n) is 3.80. The molecule has 1 fully saturated rings. The van der Waals surface area contributed by atoms with Gasteiger partial charge in [-0.3, -0.25) is 9.59 Å². The van der Waals surface area contributed by atoms with Crippen molar-refractivity contribution in [3.05, 3.63) is 64.1 Å². The van der Waals surface area contributed by atoms with E-state index >= 15 is 0 Å². The zero-order chi connectivity index (χ0) is 22.2. The standard InChI is InChI=1S/C25H31BrN2O2S/c1-18-7-13-23(14-8-18)31-16-15-24(29)28(17-20-9-11-21(26)12-10-20)19(2)25(30)27-22-5-3-4-6-22/h7-14,19,22H,3-6,15-17H2,1-2H3,(H,27,30). The van der Waals surface area contributed by atoms with Crippen LogP contribution in [0.15, 0.2) is 57.9 Å². The minimum atomic E-state index is -0.499. The van der Waals surface area contributed by atoms with E-state index in [4.69, 9.17) is 0 Å². The molecule has 0 aliphatic heterocycles. The average molecular weight is 504 g/mol. The van der Waals surface area contributed by atoms with Gasteiger partial charge in [0.25, 0.3) is 0 Å². The number of hydrogen-bond donors (Lipinski definition) is 1. The highest BCUT2D eigenvalue weighted by molar-refractivity contribution is 9.10. The normalized spacial score (nSPS) is 14.9. The monoisotopic (exact) mass is 502 g/mol. The largest absolute Gasteiger partial charge is 0.352 e. The van der Waals surface area contributed by atoms with Crippen LogP contribution in [0.25, 0.3) is 0 Å². The molecule has 0 heterocycles. The van der Waals surface area contributed by atoms with Crippen molar-refractivity contribution < 1.29 is 9.59 Å². The number of hydrogen-bond acceptors (Lipinski definition) is 3. The molecule has 3 rings (SSSR count). The second-order valence-electron chi connectivity index (χ2n) is 8.23. The fourth-order valence-corrected chi connectivity index (χ4v) is 4.90. The number of nitrogens with one attached hydrogen (secondary N) is 1. The number of rotatable bonds is 9. The summed E-state index contributed by atoms with van der Waals surface area (Å²) in [4.78, 5) is 28.9. The minimum absolute atomic E-state index is 0.0107. The van der Waals surface area contributed by atoms with Gasteiger partial charge < -0.3 is 10.2 Å². The lowest BCUT2D eigenvalue weighted by atomic mass is 10.1. The molecule has 1 saturated carbocycles. The number of benzene rings is 2. The predicted molar refractivity (Wildman–Crippen MR) is 131 cm³/mol. The van der Waals surface area contributed by atoms with Gasteiger partial charge in [0.15, 0.2) is 0 Å². The Morgan fingerprint density at radius 2 is 1.74 bits per heavy atom. The first-order valence-corrected chi connectivity index (χ1v) is 12.7. The summed E-state index contributed by atoms with van der Waals surface area (Å²) in [6.07, 6.45) is 4.79. The Morgan fingerprint density at radius 1 is 1.10 bits per heavy atom. The second kappa shape index (κ2) is 11.7. The van der Waals surface area contributed by atoms with E-state index in [1.165, 1.54) is 5.56 Å². The number of aryl methyl sites for hydroxylation is 1. The van der Waals surface area contributed by atoms with E-state index in [-0.39, 0.29) is 17.9 Å². The molecule has 1 unspecified atom stereocenters. The molecular formula is C25H31BrN2O2S. The van der Waals surface area contributed by atoms with Crippen LogP contribution in [-0.2, 0) is 16.1 Å². The quantitative estimate of drug-likeness (QED) is 0.446. The lowest BCUT2D eigenvalue weighted by molar-refractivity contribution is -0.140. The van der Waals surface area contributed by atoms with E-state index in [0.29, 0.717) is 18.7 Å². The summed E-state index contributed by atoms with van der Waals surface area (Å²) in [5, 5.41) is 3.15. The third kappa shape index (κ3) is 7.39. The molecule has 0 radical (unpaired) electrons. The van der Waals surface area contributed by atoms with Crippen LogP contribution in [0.3, 0.4) is 0 Å². The van der Waals surface area contributed by atoms with Gasteiger partial charge in [0, 0.05) is 34.1 Å². The minimum Gasteiger partial charge on any atom is -0.352 e. The Kier molecular flexibility index (Phi) is 9.02. The SMILES string of the molecule is Cc1ccc(SCCC(=O)N(Cc2ccc(Br)cc2)C(C)C(=O)NC2CCCC2)cc1. The predicted octanol–water partition coefficient (Wildman–Crippen LogP) is 5.72. The number of halogens is 1. The molecule has 4 nitrogen and oxygen atoms in total. The maximum atomic E-state index is 13.2. The highest BCUT2D eigenvalue weighted by atomic mass is 79.9. The molecule has 6 heteroatoms. The first kappa shape index (κ1) is 23.9. The summed E-state index contributed by atoms with van der Waals surface area (Å²) in [5.74, 6) is 0.649. The van der Waals surface area contributed by atoms with E-state index < -0.39 is 6.04 Å². The molecule has 2 amide bonds. The molecule has 1 aliphatic carbocycles. The lowest BCUT2D eigenvalue weighted by Gasteiger charge is -2.30. The Hall–Kier alpha value is -1.79. The Labute approximate surface area is 198 Å². The number of nitrogens with zero attached hydrogens (tertiary/aromatic N) is 1. The molecule has 31 heavy (non-hydrogen) atoms. The first-order valence-electron chi connectivity index (χ1n) is 11.0. The Morgan fingerprint density at radius 3 is 2.39 bits per heavy atom. The van der Waals surface area contributed by atoms with Gasteiger partial charge in [-0.1, -0.05) is 58.6 Å². The van der Waals surface area contributed by atoms with Crippen LogP contribution in [0.4, 0.5) is 0 Å². The van der Waals surface area contributed by atoms with Crippen LogP contribution in [0, 0.1) is 6.92 Å². The van der Waals surface area contributed by atoms with Crippen molar-refractivity contribution in [1.82, 2.24) is 10.2 Å². The van der Waals surface area contributed by atoms with Crippen molar-refractivity contribution in [3.8, 4) is 0 Å². The number of carbonyl (C=O) groups excluding carboxylic acids is 2. The maximum Gasteiger partial charge on any atom is 0.242 e. The number of amides is 2. The fraction of sp³-hybridized carbons (Fsp3) is 0.440. The Bertz CT molecular complexity index is 864. The number of carbonyl (C=O) groups is 2. The molecule has 1 atom stereocenters. The molecule has 0 bridgehead atoms. The van der Waals surface area contributed by atoms with Gasteiger partial charge in [0.2, 0.25) is 11.8 Å². The van der Waals surface area contributed by atoms with Gasteiger partial charge in [0.05, 0.1) is 0 Å². The molecule has 0 saturated heterocycles. The van der Waals surface area contributed by atoms with Crippen molar-refractivity contribution in [1.29, 1.82) is 0 Å². The molecule has 0 aromatic heterocycles. The van der Waals surface area contributed by atoms with E-state index in [9.17, 15) is 9.59 Å². The summed E-state index contributed by atoms with van der Waals surface area (Å²) < 4.78 is 0.996. The van der Waals surface area contributed by atoms with Crippen LogP contribution < -0.4 is 5.32 Å². The average Bonchev–Trinajstić information content (AvgIpc) is 3.27. The van der Waals surface area contributed by atoms with Gasteiger partial charge in [0.1, 0.15) is 6.04 Å². The maximum absolute atomic E-state index is 13.2. The number of thioether (sulfide) groups is 1. The van der Waals surface area contributed by atoms with Gasteiger partial charge in [-0.05, 0) is 56.5 Å². The van der Waals surface area contributed by atoms with Crippen molar-refractivity contribution in [2.75, 3.05) is 5.75 Å². The molecule has 1 aliphatic rings. The van der Waals surface area contributed by atoms with Crippen molar-refractivity contribution in [2.45, 2.75) is 69.5 Å². The van der Waals surface area contributed by atoms with Crippen LogP contribution in [-0.4, -0.2) is 34.6 Å². The van der Waals surface area contributed by atoms with Crippen molar-refractivity contribution >= 4 is 39.5 Å². The van der Waals surface area contributed by atoms with E-state index in [2.05, 4.69) is 52.4 Å². The second-order valence-corrected chi connectivity index (χ2v) is 10.3. The Balaban J connectivity index is 1.64. The summed E-state index contributed by atoms with van der Waals surface area (Å²) in [6, 6.07) is 16.0. The van der Waals surface area contributed by atoms with Gasteiger partial charge >= 0.3 is 0 Å². The van der Waals surface area contributed by atoms with Crippen LogP contribution >= 0.6 is 27.7 Å². The van der Waals surface area contributed by atoms with Crippen LogP contribution in [0.1, 0.15) is 50.2 Å². The molecule has 2 aromatic carbocycles. The lowest BCUT2D eigenvalue weighted by Crippen LogP contribution is -2.49. The molecule has 0 spiro atoms. The molecule has 1 N–H and O–H groups in total. The third-order valence-electron chi connectivity index (χ3n) is 5.74. The summed E-state index contributed by atoms with van der Waals surface area (Å²) in [5.41, 5.74) is 2.24. The van der Waals surface area contributed by atoms with Gasteiger partial charge in [-0.15, -0.1) is 11.8 Å². The van der Waals surface area contributed by atoms with Crippen molar-refractivity contribution in [2.24, 2.45) is 0 Å². The summed E-state index contributed by atoms with van der Waals surface area (Å²) >= 11 is 5.13. The van der Waals surface area contributed by atoms with E-state index in [1.54, 1.807) is 16.7 Å². The highest BCUT2D eigenvalue weighted by Gasteiger charge is 2.28.